The average molecular weight is 572 g/mol. The second kappa shape index (κ2) is 16.4. The van der Waals surface area contributed by atoms with Crippen molar-refractivity contribution in [1.82, 2.24) is 10.3 Å². The Bertz CT molecular complexity index is 1280. The number of unbranched alkanes of at least 4 members (excludes halogenated alkanes) is 6. The Morgan fingerprint density at radius 2 is 1.57 bits per heavy atom. The van der Waals surface area contributed by atoms with Crippen LogP contribution in [0, 0.1) is 0 Å². The molecule has 0 spiro atoms. The number of piperazine rings is 1. The lowest BCUT2D eigenvalue weighted by molar-refractivity contribution is -0.116. The van der Waals surface area contributed by atoms with E-state index in [4.69, 9.17) is 4.74 Å². The van der Waals surface area contributed by atoms with Gasteiger partial charge >= 0.3 is 0 Å². The lowest BCUT2D eigenvalue weighted by Crippen LogP contribution is -2.47. The van der Waals surface area contributed by atoms with Crippen LogP contribution in [0.4, 0.5) is 17.1 Å². The summed E-state index contributed by atoms with van der Waals surface area (Å²) in [7, 11) is 1.69. The van der Waals surface area contributed by atoms with Gasteiger partial charge in [0.15, 0.2) is 0 Å². The molecule has 2 heterocycles. The first-order valence-electron chi connectivity index (χ1n) is 15.3. The first kappa shape index (κ1) is 30.9. The third-order valence-electron chi connectivity index (χ3n) is 7.75. The van der Waals surface area contributed by atoms with Crippen LogP contribution in [0.5, 0.6) is 5.75 Å². The van der Waals surface area contributed by atoms with Crippen LogP contribution in [0.15, 0.2) is 67.0 Å². The van der Waals surface area contributed by atoms with Gasteiger partial charge in [0, 0.05) is 62.9 Å². The van der Waals surface area contributed by atoms with Gasteiger partial charge in [-0.15, -0.1) is 0 Å². The molecular formula is C34H45N5O3. The molecule has 0 aliphatic carbocycles. The lowest BCUT2D eigenvalue weighted by atomic mass is 10.1. The van der Waals surface area contributed by atoms with Crippen molar-refractivity contribution in [3.8, 4) is 5.75 Å². The molecule has 0 unspecified atom stereocenters. The number of nitrogens with zero attached hydrogens (tertiary/aromatic N) is 3. The molecule has 8 nitrogen and oxygen atoms in total. The standard InChI is InChI=1S/C34H45N5O3/c1-3-4-5-6-7-8-9-16-33(40)37-28-17-18-30(29(24-28)34(41)36-26-27-13-12-19-35-25-27)38-20-22-39(23-21-38)31-14-10-11-15-32(31)42-2/h10-15,17-19,24-25H,3-9,16,20-23,26H2,1-2H3,(H,36,41)(H,37,40). The minimum Gasteiger partial charge on any atom is -0.495 e. The summed E-state index contributed by atoms with van der Waals surface area (Å²) < 4.78 is 5.57. The highest BCUT2D eigenvalue weighted by molar-refractivity contribution is 6.02. The van der Waals surface area contributed by atoms with Gasteiger partial charge in [-0.3, -0.25) is 14.6 Å². The normalized spacial score (nSPS) is 13.1. The summed E-state index contributed by atoms with van der Waals surface area (Å²) in [5, 5.41) is 6.07. The zero-order valence-corrected chi connectivity index (χ0v) is 25.1. The van der Waals surface area contributed by atoms with E-state index in [2.05, 4.69) is 38.4 Å². The van der Waals surface area contributed by atoms with Crippen molar-refractivity contribution >= 4 is 28.9 Å². The van der Waals surface area contributed by atoms with E-state index < -0.39 is 0 Å². The highest BCUT2D eigenvalue weighted by atomic mass is 16.5. The fraction of sp³-hybridized carbons (Fsp3) is 0.441. The molecule has 1 aliphatic rings. The van der Waals surface area contributed by atoms with Crippen molar-refractivity contribution in [2.45, 2.75) is 64.8 Å². The molecule has 0 saturated carbocycles. The Kier molecular flexibility index (Phi) is 12.1. The van der Waals surface area contributed by atoms with Gasteiger partial charge in [-0.2, -0.15) is 0 Å². The molecule has 8 heteroatoms. The summed E-state index contributed by atoms with van der Waals surface area (Å²) in [6, 6.07) is 17.5. The van der Waals surface area contributed by atoms with Crippen LogP contribution in [0.1, 0.15) is 74.2 Å². The first-order valence-corrected chi connectivity index (χ1v) is 15.3. The summed E-state index contributed by atoms with van der Waals surface area (Å²) in [5.41, 5.74) is 4.07. The number of nitrogens with one attached hydrogen (secondary N) is 2. The Hall–Kier alpha value is -4.07. The molecule has 2 aromatic carbocycles. The van der Waals surface area contributed by atoms with E-state index >= 15 is 0 Å². The Labute approximate surface area is 250 Å². The number of hydrogen-bond donors (Lipinski definition) is 2. The van der Waals surface area contributed by atoms with Crippen molar-refractivity contribution in [1.29, 1.82) is 0 Å². The molecule has 2 amide bonds. The number of carbonyl (C=O) groups is 2. The molecule has 3 aromatic rings. The summed E-state index contributed by atoms with van der Waals surface area (Å²) in [6.45, 7) is 5.71. The van der Waals surface area contributed by atoms with Crippen LogP contribution in [-0.4, -0.2) is 50.1 Å². The van der Waals surface area contributed by atoms with Gasteiger partial charge < -0.3 is 25.2 Å². The SMILES string of the molecule is CCCCCCCCCC(=O)Nc1ccc(N2CCN(c3ccccc3OC)CC2)c(C(=O)NCc2cccnc2)c1. The number of amides is 2. The van der Waals surface area contributed by atoms with Crippen LogP contribution < -0.4 is 25.2 Å². The fourth-order valence-electron chi connectivity index (χ4n) is 5.40. The number of methoxy groups -OCH3 is 1. The first-order chi connectivity index (χ1) is 20.6. The molecule has 1 aromatic heterocycles. The smallest absolute Gasteiger partial charge is 0.253 e. The number of benzene rings is 2. The van der Waals surface area contributed by atoms with E-state index in [9.17, 15) is 9.59 Å². The van der Waals surface area contributed by atoms with E-state index in [0.29, 0.717) is 24.2 Å². The maximum absolute atomic E-state index is 13.5. The van der Waals surface area contributed by atoms with Crippen molar-refractivity contribution < 1.29 is 14.3 Å². The summed E-state index contributed by atoms with van der Waals surface area (Å²) >= 11 is 0. The van der Waals surface area contributed by atoms with Gasteiger partial charge in [0.05, 0.1) is 18.4 Å². The third-order valence-corrected chi connectivity index (χ3v) is 7.75. The molecule has 0 bridgehead atoms. The Morgan fingerprint density at radius 3 is 2.29 bits per heavy atom. The maximum Gasteiger partial charge on any atom is 0.253 e. The molecule has 42 heavy (non-hydrogen) atoms. The highest BCUT2D eigenvalue weighted by Crippen LogP contribution is 2.31. The van der Waals surface area contributed by atoms with Crippen LogP contribution in [-0.2, 0) is 11.3 Å². The molecule has 1 aliphatic heterocycles. The van der Waals surface area contributed by atoms with Crippen LogP contribution in [0.2, 0.25) is 0 Å². The quantitative estimate of drug-likeness (QED) is 0.205. The topological polar surface area (TPSA) is 86.8 Å². The number of aromatic nitrogens is 1. The second-order valence-corrected chi connectivity index (χ2v) is 10.8. The van der Waals surface area contributed by atoms with Gasteiger partial charge in [-0.05, 0) is 48.4 Å². The molecule has 224 valence electrons. The zero-order valence-electron chi connectivity index (χ0n) is 25.1. The van der Waals surface area contributed by atoms with Crippen LogP contribution in [0.25, 0.3) is 0 Å². The number of para-hydroxylation sites is 2. The van der Waals surface area contributed by atoms with Crippen LogP contribution >= 0.6 is 0 Å². The predicted molar refractivity (Wildman–Crippen MR) is 171 cm³/mol. The van der Waals surface area contributed by atoms with Gasteiger partial charge in [0.1, 0.15) is 5.75 Å². The number of pyridine rings is 1. The van der Waals surface area contributed by atoms with Gasteiger partial charge in [0.2, 0.25) is 5.91 Å². The fourth-order valence-corrected chi connectivity index (χ4v) is 5.40. The summed E-state index contributed by atoms with van der Waals surface area (Å²) in [6.07, 6.45) is 12.1. The van der Waals surface area contributed by atoms with E-state index in [-0.39, 0.29) is 11.8 Å². The van der Waals surface area contributed by atoms with Crippen molar-refractivity contribution in [3.05, 3.63) is 78.1 Å². The molecule has 1 fully saturated rings. The molecular weight excluding hydrogens is 526 g/mol. The summed E-state index contributed by atoms with van der Waals surface area (Å²) in [5.74, 6) is 0.672. The maximum atomic E-state index is 13.5. The number of anilines is 3. The lowest BCUT2D eigenvalue weighted by Gasteiger charge is -2.38. The molecule has 0 atom stereocenters. The number of ether oxygens (including phenoxy) is 1. The third kappa shape index (κ3) is 8.96. The molecule has 4 rings (SSSR count). The van der Waals surface area contributed by atoms with Crippen molar-refractivity contribution in [2.75, 3.05) is 48.4 Å². The van der Waals surface area contributed by atoms with Gasteiger partial charge in [0.25, 0.3) is 5.91 Å². The Morgan fingerprint density at radius 1 is 0.857 bits per heavy atom. The van der Waals surface area contributed by atoms with E-state index in [1.165, 1.54) is 32.1 Å². The largest absolute Gasteiger partial charge is 0.495 e. The average Bonchev–Trinajstić information content (AvgIpc) is 3.03. The number of carbonyl (C=O) groups excluding carboxylic acids is 2. The number of hydrogen-bond acceptors (Lipinski definition) is 6. The minimum atomic E-state index is -0.177. The van der Waals surface area contributed by atoms with Gasteiger partial charge in [-0.25, -0.2) is 0 Å². The number of rotatable bonds is 15. The molecule has 2 N–H and O–H groups in total. The minimum absolute atomic E-state index is 0.0107. The second-order valence-electron chi connectivity index (χ2n) is 10.8. The van der Waals surface area contributed by atoms with Crippen molar-refractivity contribution in [2.24, 2.45) is 0 Å². The molecule has 1 saturated heterocycles. The van der Waals surface area contributed by atoms with Crippen LogP contribution in [0.3, 0.4) is 0 Å². The molecule has 0 radical (unpaired) electrons. The highest BCUT2D eigenvalue weighted by Gasteiger charge is 2.24. The summed E-state index contributed by atoms with van der Waals surface area (Å²) in [4.78, 5) is 34.9. The van der Waals surface area contributed by atoms with Crippen molar-refractivity contribution in [3.63, 3.8) is 0 Å². The predicted octanol–water partition coefficient (Wildman–Crippen LogP) is 6.43. The Balaban J connectivity index is 1.42. The van der Waals surface area contributed by atoms with Gasteiger partial charge in [-0.1, -0.05) is 63.6 Å². The van der Waals surface area contributed by atoms with E-state index in [1.807, 2.05) is 48.5 Å². The van der Waals surface area contributed by atoms with E-state index in [0.717, 1.165) is 61.7 Å². The zero-order chi connectivity index (χ0) is 29.6. The monoisotopic (exact) mass is 571 g/mol. The van der Waals surface area contributed by atoms with E-state index in [1.54, 1.807) is 19.5 Å².